The molecule has 3 fully saturated rings. The normalized spacial score (nSPS) is 22.7. The summed E-state index contributed by atoms with van der Waals surface area (Å²) in [6, 6.07) is 0. The van der Waals surface area contributed by atoms with E-state index in [4.69, 9.17) is 0 Å². The van der Waals surface area contributed by atoms with E-state index in [0.717, 1.165) is 0 Å². The van der Waals surface area contributed by atoms with Gasteiger partial charge in [-0.05, 0) is 0 Å². The molecule has 0 amide bonds. The van der Waals surface area contributed by atoms with E-state index >= 15 is 0 Å². The third kappa shape index (κ3) is 14.7. The van der Waals surface area contributed by atoms with E-state index in [2.05, 4.69) is 19.3 Å². The van der Waals surface area contributed by atoms with Gasteiger partial charge >= 0.3 is 16.5 Å². The molecule has 0 aromatic carbocycles. The molecule has 0 saturated heterocycles. The molecule has 0 spiro atoms. The standard InChI is InChI=1S/3C6H11.Ni/c3*1-2-4-6-5-3-1;/h3*1H,2-6H2;/q3*-1;+3. The monoisotopic (exact) mass is 307 g/mol. The minimum atomic E-state index is 0. The van der Waals surface area contributed by atoms with Gasteiger partial charge in [0.05, 0.1) is 0 Å². The third-order valence-electron chi connectivity index (χ3n) is 3.95. The summed E-state index contributed by atoms with van der Waals surface area (Å²) in [5.41, 5.74) is 0. The molecule has 19 heavy (non-hydrogen) atoms. The van der Waals surface area contributed by atoms with Crippen LogP contribution in [0.25, 0.3) is 0 Å². The summed E-state index contributed by atoms with van der Waals surface area (Å²) in [6.45, 7) is 0. The zero-order valence-corrected chi connectivity index (χ0v) is 13.6. The molecule has 0 aromatic heterocycles. The Morgan fingerprint density at radius 2 is 0.526 bits per heavy atom. The maximum atomic E-state index is 2.39. The second kappa shape index (κ2) is 16.5. The molecule has 3 aliphatic carbocycles. The summed E-state index contributed by atoms with van der Waals surface area (Å²) in [5, 5.41) is 0. The van der Waals surface area contributed by atoms with Crippen LogP contribution in [-0.2, 0) is 16.5 Å². The summed E-state index contributed by atoms with van der Waals surface area (Å²) >= 11 is 0. The summed E-state index contributed by atoms with van der Waals surface area (Å²) in [7, 11) is 0. The maximum Gasteiger partial charge on any atom is 3.00 e. The minimum absolute atomic E-state index is 0. The quantitative estimate of drug-likeness (QED) is 0.356. The van der Waals surface area contributed by atoms with Gasteiger partial charge < -0.3 is 19.3 Å². The largest absolute Gasteiger partial charge is 3.00 e. The van der Waals surface area contributed by atoms with E-state index in [0.29, 0.717) is 0 Å². The van der Waals surface area contributed by atoms with Gasteiger partial charge in [-0.25, -0.2) is 0 Å². The first kappa shape index (κ1) is 19.5. The Bertz CT molecular complexity index is 80.7. The van der Waals surface area contributed by atoms with Crippen LogP contribution in [0.15, 0.2) is 0 Å². The zero-order valence-electron chi connectivity index (χ0n) is 12.7. The van der Waals surface area contributed by atoms with E-state index < -0.39 is 0 Å². The maximum absolute atomic E-state index is 2.39. The number of hydrogen-bond acceptors (Lipinski definition) is 0. The summed E-state index contributed by atoms with van der Waals surface area (Å²) < 4.78 is 0. The predicted octanol–water partition coefficient (Wildman–Crippen LogP) is 6.46. The first-order chi connectivity index (χ1) is 9.00. The van der Waals surface area contributed by atoms with Gasteiger partial charge in [0.25, 0.3) is 0 Å². The zero-order chi connectivity index (χ0) is 12.7. The van der Waals surface area contributed by atoms with Crippen LogP contribution >= 0.6 is 0 Å². The van der Waals surface area contributed by atoms with Crippen LogP contribution in [0.1, 0.15) is 96.3 Å². The van der Waals surface area contributed by atoms with Crippen molar-refractivity contribution in [2.75, 3.05) is 0 Å². The van der Waals surface area contributed by atoms with E-state index in [1.807, 2.05) is 0 Å². The molecule has 0 unspecified atom stereocenters. The Morgan fingerprint density at radius 3 is 0.579 bits per heavy atom. The average molecular weight is 308 g/mol. The van der Waals surface area contributed by atoms with Crippen molar-refractivity contribution in [1.29, 1.82) is 0 Å². The average Bonchev–Trinajstić information content (AvgIpc) is 2.54. The Kier molecular flexibility index (Phi) is 17.0. The molecule has 0 atom stereocenters. The summed E-state index contributed by atoms with van der Waals surface area (Å²) in [4.78, 5) is 0. The second-order valence-corrected chi connectivity index (χ2v) is 5.78. The van der Waals surface area contributed by atoms with Crippen molar-refractivity contribution < 1.29 is 16.5 Å². The molecular weight excluding hydrogens is 275 g/mol. The van der Waals surface area contributed by atoms with Crippen LogP contribution in [0, 0.1) is 19.3 Å². The first-order valence-electron chi connectivity index (χ1n) is 8.45. The topological polar surface area (TPSA) is 0 Å². The molecule has 1 heteroatoms. The minimum Gasteiger partial charge on any atom is -0.328 e. The third-order valence-corrected chi connectivity index (χ3v) is 3.95. The fourth-order valence-electron chi connectivity index (χ4n) is 2.70. The van der Waals surface area contributed by atoms with Gasteiger partial charge in [-0.1, -0.05) is 57.8 Å². The van der Waals surface area contributed by atoms with Crippen LogP contribution in [0.3, 0.4) is 0 Å². The van der Waals surface area contributed by atoms with Gasteiger partial charge in [-0.15, -0.1) is 0 Å². The predicted molar refractivity (Wildman–Crippen MR) is 82.2 cm³/mol. The molecule has 3 aliphatic rings. The van der Waals surface area contributed by atoms with Crippen molar-refractivity contribution in [3.8, 4) is 0 Å². The molecule has 1 radical (unpaired) electrons. The van der Waals surface area contributed by atoms with E-state index in [9.17, 15) is 0 Å². The first-order valence-corrected chi connectivity index (χ1v) is 8.45. The van der Waals surface area contributed by atoms with Crippen molar-refractivity contribution in [1.82, 2.24) is 0 Å². The van der Waals surface area contributed by atoms with Crippen LogP contribution in [0.2, 0.25) is 0 Å². The molecule has 3 rings (SSSR count). The summed E-state index contributed by atoms with van der Waals surface area (Å²) in [5.74, 6) is 0. The molecule has 3 saturated carbocycles. The van der Waals surface area contributed by atoms with Gasteiger partial charge in [0, 0.05) is 0 Å². The van der Waals surface area contributed by atoms with E-state index in [-0.39, 0.29) is 16.5 Å². The van der Waals surface area contributed by atoms with Crippen LogP contribution in [-0.4, -0.2) is 0 Å². The molecule has 0 nitrogen and oxygen atoms in total. The second-order valence-electron chi connectivity index (χ2n) is 5.78. The molecule has 0 bridgehead atoms. The van der Waals surface area contributed by atoms with E-state index in [1.54, 1.807) is 0 Å². The van der Waals surface area contributed by atoms with Gasteiger partial charge in [-0.2, -0.15) is 38.5 Å². The molecule has 115 valence electrons. The number of rotatable bonds is 0. The van der Waals surface area contributed by atoms with Crippen molar-refractivity contribution in [2.24, 2.45) is 0 Å². The number of hydrogen-bond donors (Lipinski definition) is 0. The van der Waals surface area contributed by atoms with Crippen molar-refractivity contribution >= 4 is 0 Å². The fourth-order valence-corrected chi connectivity index (χ4v) is 2.70. The van der Waals surface area contributed by atoms with Gasteiger partial charge in [-0.3, -0.25) is 0 Å². The van der Waals surface area contributed by atoms with Gasteiger partial charge in [0.15, 0.2) is 0 Å². The molecule has 0 aliphatic heterocycles. The smallest absolute Gasteiger partial charge is 0.328 e. The van der Waals surface area contributed by atoms with E-state index in [1.165, 1.54) is 96.3 Å². The van der Waals surface area contributed by atoms with Gasteiger partial charge in [0.2, 0.25) is 0 Å². The van der Waals surface area contributed by atoms with Crippen molar-refractivity contribution in [3.05, 3.63) is 19.3 Å². The van der Waals surface area contributed by atoms with Crippen molar-refractivity contribution in [3.63, 3.8) is 0 Å². The molecule has 0 aromatic rings. The van der Waals surface area contributed by atoms with Crippen LogP contribution in [0.4, 0.5) is 0 Å². The van der Waals surface area contributed by atoms with Gasteiger partial charge in [0.1, 0.15) is 0 Å². The Morgan fingerprint density at radius 1 is 0.316 bits per heavy atom. The Labute approximate surface area is 132 Å². The van der Waals surface area contributed by atoms with Crippen LogP contribution < -0.4 is 0 Å². The molecule has 0 heterocycles. The molecule has 0 N–H and O–H groups in total. The Hall–Kier alpha value is 0.494. The Balaban J connectivity index is 0.000000249. The fraction of sp³-hybridized carbons (Fsp3) is 0.833. The van der Waals surface area contributed by atoms with Crippen molar-refractivity contribution in [2.45, 2.75) is 96.3 Å². The SMILES string of the molecule is [CH-]1CCCCC1.[CH-]1CCCCC1.[CH-]1CCCCC1.[Ni+3]. The van der Waals surface area contributed by atoms with Crippen LogP contribution in [0.5, 0.6) is 0 Å². The molecular formula is C18H33Ni. The summed E-state index contributed by atoms with van der Waals surface area (Å²) in [6.07, 6.45) is 28.5.